The van der Waals surface area contributed by atoms with E-state index in [1.807, 2.05) is 24.3 Å². The van der Waals surface area contributed by atoms with Crippen LogP contribution in [-0.4, -0.2) is 11.9 Å². The number of hydrogen-bond donors (Lipinski definition) is 0. The number of hydrogen-bond acceptors (Lipinski definition) is 6. The summed E-state index contributed by atoms with van der Waals surface area (Å²) >= 11 is 0. The lowest BCUT2D eigenvalue weighted by atomic mass is 10.1. The number of unbranched alkanes of at least 4 members (excludes halogenated alkanes) is 8. The van der Waals surface area contributed by atoms with Crippen LogP contribution in [-0.2, 0) is 32.4 Å². The largest absolute Gasteiger partial charge is 0.373 e. The molecular weight excluding hydrogens is 480 g/mol. The molecule has 2 radical (unpaired) electrons. The van der Waals surface area contributed by atoms with E-state index in [4.69, 9.17) is 19.6 Å². The van der Waals surface area contributed by atoms with Crippen molar-refractivity contribution in [1.82, 2.24) is 0 Å². The quantitative estimate of drug-likeness (QED) is 0.0980. The second kappa shape index (κ2) is 19.4. The van der Waals surface area contributed by atoms with Gasteiger partial charge < -0.3 is 0 Å². The number of rotatable bonds is 20. The Kier molecular flexibility index (Phi) is 16.1. The highest BCUT2D eigenvalue weighted by atomic mass is 17.3. The van der Waals surface area contributed by atoms with Crippen molar-refractivity contribution in [2.75, 3.05) is 0 Å². The first-order valence-electron chi connectivity index (χ1n) is 14.2. The molecule has 2 aromatic rings. The summed E-state index contributed by atoms with van der Waals surface area (Å²) in [5, 5.41) is 0. The van der Waals surface area contributed by atoms with E-state index < -0.39 is 11.9 Å². The summed E-state index contributed by atoms with van der Waals surface area (Å²) in [6.07, 6.45) is 13.7. The topological polar surface area (TPSA) is 71.1 Å². The van der Waals surface area contributed by atoms with Crippen LogP contribution in [0.25, 0.3) is 0 Å². The molecule has 0 atom stereocenters. The van der Waals surface area contributed by atoms with E-state index in [2.05, 4.69) is 20.8 Å². The lowest BCUT2D eigenvalue weighted by Crippen LogP contribution is -2.16. The Bertz CT molecular complexity index is 837. The van der Waals surface area contributed by atoms with Crippen molar-refractivity contribution in [2.45, 2.75) is 104 Å². The first-order chi connectivity index (χ1) is 18.6. The van der Waals surface area contributed by atoms with E-state index in [1.54, 1.807) is 24.3 Å². The van der Waals surface area contributed by atoms with Gasteiger partial charge in [-0.2, -0.15) is 0 Å². The fraction of sp³-hybridized carbons (Fsp3) is 0.500. The van der Waals surface area contributed by atoms with Crippen LogP contribution < -0.4 is 0 Å². The van der Waals surface area contributed by atoms with Crippen LogP contribution in [0.5, 0.6) is 0 Å². The van der Waals surface area contributed by atoms with Gasteiger partial charge in [-0.1, -0.05) is 96.4 Å². The second-order valence-electron chi connectivity index (χ2n) is 9.61. The Labute approximate surface area is 228 Å². The van der Waals surface area contributed by atoms with Gasteiger partial charge in [-0.25, -0.2) is 9.59 Å². The van der Waals surface area contributed by atoms with Crippen LogP contribution in [0.2, 0.25) is 0 Å². The molecule has 0 aliphatic rings. The molecule has 38 heavy (non-hydrogen) atoms. The van der Waals surface area contributed by atoms with Crippen LogP contribution >= 0.6 is 0 Å². The summed E-state index contributed by atoms with van der Waals surface area (Å²) in [5.41, 5.74) is 3.09. The zero-order valence-corrected chi connectivity index (χ0v) is 23.2. The van der Waals surface area contributed by atoms with Crippen molar-refractivity contribution in [2.24, 2.45) is 0 Å². The third kappa shape index (κ3) is 12.7. The Morgan fingerprint density at radius 2 is 1.03 bits per heavy atom. The standard InChI is InChI=1S/C32H44O6/c1-4-7-10-11-14-17-30(35-37-31(33)28-22-18-26(19-23-28)15-12-8-5-2)36-38-32(34)29-24-20-27(21-25-29)16-13-9-6-3/h18-25H,1,4-17H2,2-3H3. The van der Waals surface area contributed by atoms with Gasteiger partial charge in [-0.3, -0.25) is 9.78 Å². The molecule has 0 N–H and O–H groups in total. The second-order valence-corrected chi connectivity index (χ2v) is 9.61. The van der Waals surface area contributed by atoms with Gasteiger partial charge in [-0.05, 0) is 67.5 Å². The molecular formula is C32H44O6. The van der Waals surface area contributed by atoms with Crippen molar-refractivity contribution >= 4 is 11.9 Å². The molecule has 0 amide bonds. The normalized spacial score (nSPS) is 11.1. The molecule has 0 bridgehead atoms. The van der Waals surface area contributed by atoms with Gasteiger partial charge in [0.1, 0.15) is 0 Å². The molecule has 0 spiro atoms. The zero-order valence-electron chi connectivity index (χ0n) is 23.2. The van der Waals surface area contributed by atoms with E-state index in [0.717, 1.165) is 57.8 Å². The predicted molar refractivity (Wildman–Crippen MR) is 149 cm³/mol. The van der Waals surface area contributed by atoms with Crippen LogP contribution in [0.1, 0.15) is 123 Å². The Morgan fingerprint density at radius 1 is 0.579 bits per heavy atom. The van der Waals surface area contributed by atoms with Crippen LogP contribution in [0.15, 0.2) is 48.5 Å². The third-order valence-electron chi connectivity index (χ3n) is 6.32. The maximum atomic E-state index is 12.5. The highest BCUT2D eigenvalue weighted by molar-refractivity contribution is 5.89. The summed E-state index contributed by atoms with van der Waals surface area (Å²) in [6.45, 7) is 8.19. The van der Waals surface area contributed by atoms with Crippen LogP contribution in [0.4, 0.5) is 0 Å². The number of carbonyl (C=O) groups is 2. The first kappa shape index (κ1) is 31.5. The molecule has 0 aromatic heterocycles. The molecule has 0 saturated carbocycles. The number of aryl methyl sites for hydroxylation is 2. The number of benzene rings is 2. The lowest BCUT2D eigenvalue weighted by molar-refractivity contribution is -0.363. The third-order valence-corrected chi connectivity index (χ3v) is 6.32. The van der Waals surface area contributed by atoms with E-state index in [0.29, 0.717) is 17.5 Å². The van der Waals surface area contributed by atoms with Crippen molar-refractivity contribution in [3.05, 3.63) is 84.0 Å². The summed E-state index contributed by atoms with van der Waals surface area (Å²) in [4.78, 5) is 45.4. The van der Waals surface area contributed by atoms with Crippen LogP contribution in [0, 0.1) is 13.2 Å². The van der Waals surface area contributed by atoms with E-state index >= 15 is 0 Å². The fourth-order valence-corrected chi connectivity index (χ4v) is 3.93. The molecule has 2 aromatic carbocycles. The van der Waals surface area contributed by atoms with Crippen LogP contribution in [0.3, 0.4) is 0 Å². The maximum absolute atomic E-state index is 12.5. The number of carbonyl (C=O) groups excluding carboxylic acids is 2. The molecule has 6 nitrogen and oxygen atoms in total. The molecule has 0 fully saturated rings. The molecule has 0 aliphatic heterocycles. The minimum atomic E-state index is -0.645. The molecule has 2 rings (SSSR count). The van der Waals surface area contributed by atoms with Gasteiger partial charge in [-0.15, -0.1) is 9.78 Å². The van der Waals surface area contributed by atoms with Crippen molar-refractivity contribution in [1.29, 1.82) is 0 Å². The van der Waals surface area contributed by atoms with Gasteiger partial charge >= 0.3 is 18.2 Å². The average Bonchev–Trinajstić information content (AvgIpc) is 2.94. The molecule has 0 aliphatic carbocycles. The SMILES string of the molecule is [CH2]CCCCCC[C](OOC(=O)c1ccc(CCCCC)cc1)OOC(=O)c1ccc(CCCCC)cc1. The summed E-state index contributed by atoms with van der Waals surface area (Å²) in [5.74, 6) is -1.29. The highest BCUT2D eigenvalue weighted by Gasteiger charge is 2.21. The minimum Gasteiger partial charge on any atom is -0.289 e. The lowest BCUT2D eigenvalue weighted by Gasteiger charge is -2.14. The van der Waals surface area contributed by atoms with Gasteiger partial charge in [0.25, 0.3) is 0 Å². The van der Waals surface area contributed by atoms with Crippen molar-refractivity contribution in [3.63, 3.8) is 0 Å². The molecule has 0 saturated heterocycles. The summed E-state index contributed by atoms with van der Waals surface area (Å²) in [7, 11) is 0. The van der Waals surface area contributed by atoms with Gasteiger partial charge in [0.05, 0.1) is 11.1 Å². The monoisotopic (exact) mass is 524 g/mol. The maximum Gasteiger partial charge on any atom is 0.373 e. The average molecular weight is 525 g/mol. The molecule has 6 heteroatoms. The predicted octanol–water partition coefficient (Wildman–Crippen LogP) is 8.69. The zero-order chi connectivity index (χ0) is 27.4. The van der Waals surface area contributed by atoms with Crippen molar-refractivity contribution < 1.29 is 29.1 Å². The minimum absolute atomic E-state index is 0.0753. The van der Waals surface area contributed by atoms with Gasteiger partial charge in [0, 0.05) is 6.42 Å². The fourth-order valence-electron chi connectivity index (χ4n) is 3.93. The smallest absolute Gasteiger partial charge is 0.289 e. The van der Waals surface area contributed by atoms with E-state index in [-0.39, 0.29) is 6.29 Å². The van der Waals surface area contributed by atoms with E-state index in [9.17, 15) is 9.59 Å². The Hall–Kier alpha value is -2.70. The summed E-state index contributed by atoms with van der Waals surface area (Å²) in [6, 6.07) is 14.6. The van der Waals surface area contributed by atoms with Gasteiger partial charge in [0.15, 0.2) is 0 Å². The van der Waals surface area contributed by atoms with Crippen molar-refractivity contribution in [3.8, 4) is 0 Å². The highest BCUT2D eigenvalue weighted by Crippen LogP contribution is 2.20. The van der Waals surface area contributed by atoms with Gasteiger partial charge in [0.2, 0.25) is 0 Å². The molecule has 0 unspecified atom stereocenters. The summed E-state index contributed by atoms with van der Waals surface area (Å²) < 4.78 is 0. The first-order valence-corrected chi connectivity index (χ1v) is 14.2. The molecule has 208 valence electrons. The molecule has 0 heterocycles. The Morgan fingerprint density at radius 3 is 1.45 bits per heavy atom. The Balaban J connectivity index is 1.87. The van der Waals surface area contributed by atoms with E-state index in [1.165, 1.54) is 36.8 Å².